The Kier molecular flexibility index (Phi) is 4.81. The van der Waals surface area contributed by atoms with Crippen molar-refractivity contribution in [1.82, 2.24) is 0 Å². The first-order valence-corrected chi connectivity index (χ1v) is 6.32. The number of anilines is 1. The van der Waals surface area contributed by atoms with Crippen molar-refractivity contribution in [3.63, 3.8) is 0 Å². The van der Waals surface area contributed by atoms with Gasteiger partial charge in [-0.25, -0.2) is 0 Å². The second-order valence-electron chi connectivity index (χ2n) is 4.85. The number of benzene rings is 1. The third kappa shape index (κ3) is 4.99. The van der Waals surface area contributed by atoms with E-state index in [9.17, 15) is 0 Å². The summed E-state index contributed by atoms with van der Waals surface area (Å²) < 4.78 is 6.76. The van der Waals surface area contributed by atoms with Crippen molar-refractivity contribution in [2.45, 2.75) is 33.3 Å². The molecule has 0 bridgehead atoms. The van der Waals surface area contributed by atoms with E-state index in [0.29, 0.717) is 0 Å². The number of nitrogens with one attached hydrogen (secondary N) is 1. The van der Waals surface area contributed by atoms with Gasteiger partial charge in [-0.15, -0.1) is 0 Å². The van der Waals surface area contributed by atoms with E-state index in [1.54, 1.807) is 0 Å². The third-order valence-corrected chi connectivity index (χ3v) is 2.63. The van der Waals surface area contributed by atoms with Crippen molar-refractivity contribution < 1.29 is 4.74 Å². The SMILES string of the molecule is Cc1cc(Br)ccc1NCCOC(C)(C)C. The summed E-state index contributed by atoms with van der Waals surface area (Å²) in [6.07, 6.45) is 0. The number of aryl methyl sites for hydroxylation is 1. The van der Waals surface area contributed by atoms with Crippen LogP contribution in [0.1, 0.15) is 26.3 Å². The largest absolute Gasteiger partial charge is 0.383 e. The van der Waals surface area contributed by atoms with Gasteiger partial charge < -0.3 is 10.1 Å². The molecule has 0 unspecified atom stereocenters. The van der Waals surface area contributed by atoms with Crippen LogP contribution in [0.5, 0.6) is 0 Å². The maximum absolute atomic E-state index is 5.64. The molecule has 1 N–H and O–H groups in total. The summed E-state index contributed by atoms with van der Waals surface area (Å²) in [4.78, 5) is 0. The van der Waals surface area contributed by atoms with Crippen molar-refractivity contribution >= 4 is 21.6 Å². The highest BCUT2D eigenvalue weighted by molar-refractivity contribution is 9.10. The Balaban J connectivity index is 2.38. The molecule has 0 spiro atoms. The molecule has 90 valence electrons. The van der Waals surface area contributed by atoms with Gasteiger partial charge in [0.1, 0.15) is 0 Å². The second-order valence-corrected chi connectivity index (χ2v) is 5.76. The van der Waals surface area contributed by atoms with Crippen LogP contribution in [0.3, 0.4) is 0 Å². The minimum absolute atomic E-state index is 0.0591. The van der Waals surface area contributed by atoms with E-state index in [0.717, 1.165) is 17.6 Å². The predicted octanol–water partition coefficient (Wildman–Crippen LogP) is 3.98. The zero-order valence-corrected chi connectivity index (χ0v) is 12.0. The Bertz CT molecular complexity index is 344. The van der Waals surface area contributed by atoms with Crippen LogP contribution in [0.25, 0.3) is 0 Å². The molecule has 1 aromatic carbocycles. The summed E-state index contributed by atoms with van der Waals surface area (Å²) >= 11 is 3.45. The van der Waals surface area contributed by atoms with Crippen LogP contribution in [0, 0.1) is 6.92 Å². The number of ether oxygens (including phenoxy) is 1. The van der Waals surface area contributed by atoms with Crippen LogP contribution in [-0.2, 0) is 4.74 Å². The normalized spacial score (nSPS) is 11.6. The standard InChI is InChI=1S/C13H20BrNO/c1-10-9-11(14)5-6-12(10)15-7-8-16-13(2,3)4/h5-6,9,15H,7-8H2,1-4H3. The molecule has 0 radical (unpaired) electrons. The van der Waals surface area contributed by atoms with Gasteiger partial charge in [0.2, 0.25) is 0 Å². The fourth-order valence-electron chi connectivity index (χ4n) is 1.37. The molecule has 0 aromatic heterocycles. The summed E-state index contributed by atoms with van der Waals surface area (Å²) in [5.74, 6) is 0. The Labute approximate surface area is 107 Å². The lowest BCUT2D eigenvalue weighted by atomic mass is 10.2. The van der Waals surface area contributed by atoms with Gasteiger partial charge in [0.15, 0.2) is 0 Å². The fraction of sp³-hybridized carbons (Fsp3) is 0.538. The monoisotopic (exact) mass is 285 g/mol. The Morgan fingerprint density at radius 1 is 1.31 bits per heavy atom. The van der Waals surface area contributed by atoms with Gasteiger partial charge in [0.25, 0.3) is 0 Å². The maximum Gasteiger partial charge on any atom is 0.0646 e. The van der Waals surface area contributed by atoms with Crippen LogP contribution < -0.4 is 5.32 Å². The Morgan fingerprint density at radius 2 is 2.00 bits per heavy atom. The van der Waals surface area contributed by atoms with Crippen LogP contribution in [0.15, 0.2) is 22.7 Å². The van der Waals surface area contributed by atoms with E-state index >= 15 is 0 Å². The number of hydrogen-bond donors (Lipinski definition) is 1. The molecule has 0 amide bonds. The van der Waals surface area contributed by atoms with Gasteiger partial charge in [-0.2, -0.15) is 0 Å². The second kappa shape index (κ2) is 5.69. The molecule has 0 fully saturated rings. The average Bonchev–Trinajstić information content (AvgIpc) is 2.13. The molecular weight excluding hydrogens is 266 g/mol. The zero-order valence-electron chi connectivity index (χ0n) is 10.4. The van der Waals surface area contributed by atoms with Crippen molar-refractivity contribution in [3.05, 3.63) is 28.2 Å². The Morgan fingerprint density at radius 3 is 2.56 bits per heavy atom. The molecule has 0 heterocycles. The number of halogens is 1. The van der Waals surface area contributed by atoms with Crippen molar-refractivity contribution in [1.29, 1.82) is 0 Å². The van der Waals surface area contributed by atoms with E-state index in [2.05, 4.69) is 61.1 Å². The molecule has 1 rings (SSSR count). The third-order valence-electron chi connectivity index (χ3n) is 2.14. The first kappa shape index (κ1) is 13.5. The summed E-state index contributed by atoms with van der Waals surface area (Å²) in [5.41, 5.74) is 2.35. The molecule has 0 atom stereocenters. The van der Waals surface area contributed by atoms with Crippen LogP contribution in [0.2, 0.25) is 0 Å². The molecule has 2 nitrogen and oxygen atoms in total. The zero-order chi connectivity index (χ0) is 12.2. The van der Waals surface area contributed by atoms with Crippen LogP contribution >= 0.6 is 15.9 Å². The highest BCUT2D eigenvalue weighted by Crippen LogP contribution is 2.19. The maximum atomic E-state index is 5.64. The highest BCUT2D eigenvalue weighted by Gasteiger charge is 2.08. The van der Waals surface area contributed by atoms with Gasteiger partial charge >= 0.3 is 0 Å². The molecule has 0 aliphatic heterocycles. The number of hydrogen-bond acceptors (Lipinski definition) is 2. The van der Waals surface area contributed by atoms with Crippen molar-refractivity contribution in [2.24, 2.45) is 0 Å². The quantitative estimate of drug-likeness (QED) is 0.845. The highest BCUT2D eigenvalue weighted by atomic mass is 79.9. The molecular formula is C13H20BrNO. The van der Waals surface area contributed by atoms with E-state index in [1.165, 1.54) is 11.3 Å². The summed E-state index contributed by atoms with van der Waals surface area (Å²) in [5, 5.41) is 3.37. The summed E-state index contributed by atoms with van der Waals surface area (Å²) in [7, 11) is 0. The average molecular weight is 286 g/mol. The van der Waals surface area contributed by atoms with Crippen LogP contribution in [0.4, 0.5) is 5.69 Å². The fourth-order valence-corrected chi connectivity index (χ4v) is 1.84. The van der Waals surface area contributed by atoms with Crippen molar-refractivity contribution in [2.75, 3.05) is 18.5 Å². The first-order chi connectivity index (χ1) is 7.38. The van der Waals surface area contributed by atoms with E-state index in [4.69, 9.17) is 4.74 Å². The molecule has 16 heavy (non-hydrogen) atoms. The lowest BCUT2D eigenvalue weighted by Crippen LogP contribution is -2.23. The van der Waals surface area contributed by atoms with Gasteiger partial charge in [-0.3, -0.25) is 0 Å². The lowest BCUT2D eigenvalue weighted by molar-refractivity contribution is 0.00333. The molecule has 0 saturated carbocycles. The van der Waals surface area contributed by atoms with E-state index < -0.39 is 0 Å². The Hall–Kier alpha value is -0.540. The van der Waals surface area contributed by atoms with Gasteiger partial charge in [0, 0.05) is 16.7 Å². The lowest BCUT2D eigenvalue weighted by Gasteiger charge is -2.20. The van der Waals surface area contributed by atoms with Crippen LogP contribution in [-0.4, -0.2) is 18.8 Å². The van der Waals surface area contributed by atoms with E-state index in [-0.39, 0.29) is 5.60 Å². The minimum atomic E-state index is -0.0591. The summed E-state index contributed by atoms with van der Waals surface area (Å²) in [6, 6.07) is 6.23. The molecule has 0 saturated heterocycles. The topological polar surface area (TPSA) is 21.3 Å². The molecule has 3 heteroatoms. The van der Waals surface area contributed by atoms with Gasteiger partial charge in [-0.1, -0.05) is 15.9 Å². The van der Waals surface area contributed by atoms with Crippen molar-refractivity contribution in [3.8, 4) is 0 Å². The predicted molar refractivity (Wildman–Crippen MR) is 73.1 cm³/mol. The summed E-state index contributed by atoms with van der Waals surface area (Å²) in [6.45, 7) is 9.85. The first-order valence-electron chi connectivity index (χ1n) is 5.52. The molecule has 1 aromatic rings. The number of rotatable bonds is 4. The van der Waals surface area contributed by atoms with Gasteiger partial charge in [0.05, 0.1) is 12.2 Å². The molecule has 0 aliphatic rings. The minimum Gasteiger partial charge on any atom is -0.383 e. The van der Waals surface area contributed by atoms with Gasteiger partial charge in [-0.05, 0) is 51.5 Å². The smallest absolute Gasteiger partial charge is 0.0646 e. The van der Waals surface area contributed by atoms with E-state index in [1.807, 2.05) is 6.07 Å². The molecule has 0 aliphatic carbocycles.